The Labute approximate surface area is 140 Å². The Morgan fingerprint density at radius 2 is 2.21 bits per heavy atom. The highest BCUT2D eigenvalue weighted by molar-refractivity contribution is 5.95. The molecule has 1 saturated carbocycles. The number of rotatable bonds is 4. The van der Waals surface area contributed by atoms with Gasteiger partial charge in [0.05, 0.1) is 23.1 Å². The summed E-state index contributed by atoms with van der Waals surface area (Å²) < 4.78 is 2.02. The number of carbonyl (C=O) groups is 1. The number of anilines is 1. The molecule has 24 heavy (non-hydrogen) atoms. The molecule has 0 atom stereocenters. The predicted molar refractivity (Wildman–Crippen MR) is 89.4 cm³/mol. The van der Waals surface area contributed by atoms with Crippen LogP contribution in [0, 0.1) is 0 Å². The number of nitrogens with zero attached hydrogens (tertiary/aromatic N) is 5. The number of nitrogen functional groups attached to an aromatic ring is 1. The van der Waals surface area contributed by atoms with Gasteiger partial charge in [0, 0.05) is 43.7 Å². The van der Waals surface area contributed by atoms with Gasteiger partial charge < -0.3 is 10.6 Å². The van der Waals surface area contributed by atoms with E-state index in [2.05, 4.69) is 22.0 Å². The van der Waals surface area contributed by atoms with E-state index in [0.717, 1.165) is 54.7 Å². The van der Waals surface area contributed by atoms with Crippen molar-refractivity contribution in [2.45, 2.75) is 51.6 Å². The summed E-state index contributed by atoms with van der Waals surface area (Å²) in [6, 6.07) is 0. The Bertz CT molecular complexity index is 779. The molecule has 126 valence electrons. The molecule has 4 rings (SSSR count). The van der Waals surface area contributed by atoms with Gasteiger partial charge in [-0.1, -0.05) is 6.92 Å². The Balaban J connectivity index is 1.59. The number of carbonyl (C=O) groups excluding carboxylic acids is 1. The van der Waals surface area contributed by atoms with Crippen LogP contribution in [0.5, 0.6) is 0 Å². The zero-order chi connectivity index (χ0) is 16.7. The monoisotopic (exact) mass is 326 g/mol. The van der Waals surface area contributed by atoms with E-state index in [9.17, 15) is 4.79 Å². The third-order valence-corrected chi connectivity index (χ3v) is 4.75. The van der Waals surface area contributed by atoms with Crippen molar-refractivity contribution in [2.75, 3.05) is 12.3 Å². The standard InChI is InChI=1S/C17H22N6O/c1-2-6-23-15(11-3-4-11)13(9-20-23)16(24)22-7-5-14-12(10-22)8-19-17(18)21-14/h8-9,11H,2-7,10H2,1H3,(H2,18,19,21). The molecule has 0 unspecified atom stereocenters. The third kappa shape index (κ3) is 2.64. The van der Waals surface area contributed by atoms with E-state index in [-0.39, 0.29) is 5.91 Å². The van der Waals surface area contributed by atoms with Crippen LogP contribution >= 0.6 is 0 Å². The highest BCUT2D eigenvalue weighted by atomic mass is 16.2. The third-order valence-electron chi connectivity index (χ3n) is 4.75. The molecule has 1 amide bonds. The minimum absolute atomic E-state index is 0.0710. The Morgan fingerprint density at radius 3 is 2.96 bits per heavy atom. The molecule has 0 bridgehead atoms. The fourth-order valence-electron chi connectivity index (χ4n) is 3.41. The second kappa shape index (κ2) is 5.89. The summed E-state index contributed by atoms with van der Waals surface area (Å²) in [4.78, 5) is 23.3. The molecule has 1 aliphatic carbocycles. The van der Waals surface area contributed by atoms with Gasteiger partial charge in [-0.15, -0.1) is 0 Å². The zero-order valence-corrected chi connectivity index (χ0v) is 13.9. The fourth-order valence-corrected chi connectivity index (χ4v) is 3.41. The lowest BCUT2D eigenvalue weighted by atomic mass is 10.1. The van der Waals surface area contributed by atoms with Crippen LogP contribution in [0.25, 0.3) is 0 Å². The summed E-state index contributed by atoms with van der Waals surface area (Å²) >= 11 is 0. The maximum atomic E-state index is 13.1. The number of hydrogen-bond donors (Lipinski definition) is 1. The van der Waals surface area contributed by atoms with Crippen molar-refractivity contribution in [3.05, 3.63) is 34.9 Å². The summed E-state index contributed by atoms with van der Waals surface area (Å²) in [5.74, 6) is 0.866. The number of aromatic nitrogens is 4. The molecular formula is C17H22N6O. The van der Waals surface area contributed by atoms with Gasteiger partial charge in [0.25, 0.3) is 5.91 Å². The smallest absolute Gasteiger partial charge is 0.257 e. The van der Waals surface area contributed by atoms with Crippen LogP contribution in [0.4, 0.5) is 5.95 Å². The molecule has 0 aromatic carbocycles. The van der Waals surface area contributed by atoms with Crippen molar-refractivity contribution in [2.24, 2.45) is 0 Å². The highest BCUT2D eigenvalue weighted by Crippen LogP contribution is 2.42. The second-order valence-corrected chi connectivity index (χ2v) is 6.62. The van der Waals surface area contributed by atoms with E-state index >= 15 is 0 Å². The van der Waals surface area contributed by atoms with Crippen LogP contribution < -0.4 is 5.73 Å². The van der Waals surface area contributed by atoms with Gasteiger partial charge in [-0.2, -0.15) is 5.10 Å². The number of fused-ring (bicyclic) bond motifs is 1. The van der Waals surface area contributed by atoms with Crippen molar-refractivity contribution in [1.29, 1.82) is 0 Å². The molecule has 2 aromatic rings. The molecule has 2 aliphatic rings. The lowest BCUT2D eigenvalue weighted by Crippen LogP contribution is -2.37. The summed E-state index contributed by atoms with van der Waals surface area (Å²) in [5.41, 5.74) is 9.48. The average molecular weight is 326 g/mol. The first-order valence-corrected chi connectivity index (χ1v) is 8.62. The van der Waals surface area contributed by atoms with Gasteiger partial charge in [-0.25, -0.2) is 9.97 Å². The van der Waals surface area contributed by atoms with E-state index < -0.39 is 0 Å². The van der Waals surface area contributed by atoms with Crippen molar-refractivity contribution in [3.8, 4) is 0 Å². The molecule has 0 spiro atoms. The van der Waals surface area contributed by atoms with Crippen LogP contribution in [0.2, 0.25) is 0 Å². The van der Waals surface area contributed by atoms with Crippen LogP contribution in [0.1, 0.15) is 59.4 Å². The summed E-state index contributed by atoms with van der Waals surface area (Å²) in [5, 5.41) is 4.47. The van der Waals surface area contributed by atoms with Crippen molar-refractivity contribution in [1.82, 2.24) is 24.6 Å². The first-order valence-electron chi connectivity index (χ1n) is 8.62. The quantitative estimate of drug-likeness (QED) is 0.924. The van der Waals surface area contributed by atoms with Crippen LogP contribution in [-0.4, -0.2) is 37.1 Å². The molecule has 7 nitrogen and oxygen atoms in total. The van der Waals surface area contributed by atoms with Crippen LogP contribution in [-0.2, 0) is 19.5 Å². The Morgan fingerprint density at radius 1 is 1.38 bits per heavy atom. The van der Waals surface area contributed by atoms with E-state index in [0.29, 0.717) is 25.0 Å². The largest absolute Gasteiger partial charge is 0.368 e. The first-order chi connectivity index (χ1) is 11.7. The molecule has 2 N–H and O–H groups in total. The maximum Gasteiger partial charge on any atom is 0.257 e. The zero-order valence-electron chi connectivity index (χ0n) is 13.9. The van der Waals surface area contributed by atoms with Gasteiger partial charge >= 0.3 is 0 Å². The average Bonchev–Trinajstić information content (AvgIpc) is 3.34. The Hall–Kier alpha value is -2.44. The Kier molecular flexibility index (Phi) is 3.70. The topological polar surface area (TPSA) is 89.9 Å². The molecule has 1 fully saturated rings. The molecule has 1 aliphatic heterocycles. The fraction of sp³-hybridized carbons (Fsp3) is 0.529. The number of nitrogens with two attached hydrogens (primary N) is 1. The minimum atomic E-state index is 0.0710. The van der Waals surface area contributed by atoms with Crippen LogP contribution in [0.15, 0.2) is 12.4 Å². The molecule has 3 heterocycles. The van der Waals surface area contributed by atoms with E-state index in [1.165, 1.54) is 0 Å². The second-order valence-electron chi connectivity index (χ2n) is 6.62. The SMILES string of the molecule is CCCn1ncc(C(=O)N2CCc3nc(N)ncc3C2)c1C1CC1. The predicted octanol–water partition coefficient (Wildman–Crippen LogP) is 1.74. The van der Waals surface area contributed by atoms with E-state index in [1.807, 2.05) is 9.58 Å². The van der Waals surface area contributed by atoms with Crippen molar-refractivity contribution < 1.29 is 4.79 Å². The van der Waals surface area contributed by atoms with Gasteiger partial charge in [0.2, 0.25) is 5.95 Å². The lowest BCUT2D eigenvalue weighted by molar-refractivity contribution is 0.0732. The van der Waals surface area contributed by atoms with Gasteiger partial charge in [0.15, 0.2) is 0 Å². The molecule has 7 heteroatoms. The molecular weight excluding hydrogens is 304 g/mol. The van der Waals surface area contributed by atoms with E-state index in [1.54, 1.807) is 12.4 Å². The normalized spacial score (nSPS) is 17.0. The summed E-state index contributed by atoms with van der Waals surface area (Å²) in [7, 11) is 0. The van der Waals surface area contributed by atoms with Crippen molar-refractivity contribution >= 4 is 11.9 Å². The number of aryl methyl sites for hydroxylation is 1. The maximum absolute atomic E-state index is 13.1. The van der Waals surface area contributed by atoms with E-state index in [4.69, 9.17) is 5.73 Å². The van der Waals surface area contributed by atoms with Gasteiger partial charge in [-0.3, -0.25) is 9.48 Å². The van der Waals surface area contributed by atoms with Crippen molar-refractivity contribution in [3.63, 3.8) is 0 Å². The lowest BCUT2D eigenvalue weighted by Gasteiger charge is -2.28. The summed E-state index contributed by atoms with van der Waals surface area (Å²) in [6.45, 7) is 4.20. The molecule has 2 aromatic heterocycles. The minimum Gasteiger partial charge on any atom is -0.368 e. The van der Waals surface area contributed by atoms with Gasteiger partial charge in [0.1, 0.15) is 0 Å². The first kappa shape index (κ1) is 15.1. The summed E-state index contributed by atoms with van der Waals surface area (Å²) in [6.07, 6.45) is 7.54. The molecule has 0 radical (unpaired) electrons. The highest BCUT2D eigenvalue weighted by Gasteiger charge is 2.34. The van der Waals surface area contributed by atoms with Crippen LogP contribution in [0.3, 0.4) is 0 Å². The van der Waals surface area contributed by atoms with Gasteiger partial charge in [-0.05, 0) is 19.3 Å². The number of amides is 1. The molecule has 0 saturated heterocycles. The number of hydrogen-bond acceptors (Lipinski definition) is 5.